The molecule has 0 aliphatic rings. The van der Waals surface area contributed by atoms with Crippen LogP contribution in [0.5, 0.6) is 5.75 Å². The van der Waals surface area contributed by atoms with E-state index < -0.39 is 18.3 Å². The van der Waals surface area contributed by atoms with Gasteiger partial charge >= 0.3 is 7.60 Å². The number of hydrogen-bond donors (Lipinski definition) is 1. The van der Waals surface area contributed by atoms with Gasteiger partial charge in [0, 0.05) is 23.4 Å². The van der Waals surface area contributed by atoms with Crippen molar-refractivity contribution < 1.29 is 23.3 Å². The molecule has 29 heavy (non-hydrogen) atoms. The van der Waals surface area contributed by atoms with Crippen molar-refractivity contribution in [3.8, 4) is 5.75 Å². The smallest absolute Gasteiger partial charge is 0.357 e. The van der Waals surface area contributed by atoms with Crippen molar-refractivity contribution in [3.63, 3.8) is 0 Å². The molecule has 0 aliphatic heterocycles. The van der Waals surface area contributed by atoms with Crippen molar-refractivity contribution in [1.29, 1.82) is 0 Å². The van der Waals surface area contributed by atoms with Crippen molar-refractivity contribution in [2.75, 3.05) is 12.4 Å². The van der Waals surface area contributed by atoms with Gasteiger partial charge in [0.1, 0.15) is 5.75 Å². The Morgan fingerprint density at radius 1 is 0.966 bits per heavy atom. The van der Waals surface area contributed by atoms with Gasteiger partial charge in [0.2, 0.25) is 0 Å². The molecule has 0 fully saturated rings. The predicted octanol–water partition coefficient (Wildman–Crippen LogP) is 5.76. The number of para-hydroxylation sites is 1. The highest BCUT2D eigenvalue weighted by Gasteiger charge is 2.41. The second kappa shape index (κ2) is 9.87. The number of methoxy groups -OCH3 is 1. The molecule has 1 atom stereocenters. The van der Waals surface area contributed by atoms with Gasteiger partial charge in [-0.15, -0.1) is 0 Å². The van der Waals surface area contributed by atoms with E-state index in [2.05, 4.69) is 5.32 Å². The number of nitrogens with one attached hydrogen (secondary N) is 1. The van der Waals surface area contributed by atoms with Gasteiger partial charge in [0.15, 0.2) is 5.78 Å². The highest BCUT2D eigenvalue weighted by molar-refractivity contribution is 7.54. The number of anilines is 1. The summed E-state index contributed by atoms with van der Waals surface area (Å²) < 4.78 is 31.0. The highest BCUT2D eigenvalue weighted by Crippen LogP contribution is 2.63. The van der Waals surface area contributed by atoms with Crippen molar-refractivity contribution in [2.24, 2.45) is 0 Å². The third-order valence-electron chi connectivity index (χ3n) is 3.85. The maximum absolute atomic E-state index is 13.9. The van der Waals surface area contributed by atoms with Crippen LogP contribution in [-0.2, 0) is 13.6 Å². The normalized spacial score (nSPS) is 12.8. The van der Waals surface area contributed by atoms with Gasteiger partial charge in [-0.2, -0.15) is 0 Å². The molecule has 9 heteroatoms. The third kappa shape index (κ3) is 6.03. The van der Waals surface area contributed by atoms with Crippen molar-refractivity contribution in [1.82, 2.24) is 0 Å². The molecule has 158 valence electrons. The standard InChI is InChI=1S/C20H27N2O6P/c1-14(2)27-29(25,28-15(3)4)20(18-8-6-7-9-19(18)26-5)21-16-10-12-17(13-11-16)22(23)24/h6-15,20-21H,1-5H3. The molecular formula is C20H27N2O6P. The number of hydrogen-bond acceptors (Lipinski definition) is 7. The molecule has 2 rings (SSSR count). The zero-order valence-electron chi connectivity index (χ0n) is 17.2. The van der Waals surface area contributed by atoms with E-state index in [9.17, 15) is 14.7 Å². The quantitative estimate of drug-likeness (QED) is 0.295. The Hall–Kier alpha value is -2.41. The summed E-state index contributed by atoms with van der Waals surface area (Å²) in [6, 6.07) is 13.0. The summed E-state index contributed by atoms with van der Waals surface area (Å²) in [5.41, 5.74) is 1.09. The molecule has 0 saturated heterocycles. The average Bonchev–Trinajstić information content (AvgIpc) is 2.65. The van der Waals surface area contributed by atoms with Gasteiger partial charge in [-0.25, -0.2) is 0 Å². The Morgan fingerprint density at radius 3 is 2.00 bits per heavy atom. The molecule has 0 bridgehead atoms. The third-order valence-corrected chi connectivity index (χ3v) is 6.32. The first kappa shape index (κ1) is 22.9. The number of benzene rings is 2. The van der Waals surface area contributed by atoms with E-state index in [-0.39, 0.29) is 17.9 Å². The van der Waals surface area contributed by atoms with Crippen LogP contribution in [-0.4, -0.2) is 24.2 Å². The van der Waals surface area contributed by atoms with Crippen LogP contribution >= 0.6 is 7.60 Å². The number of non-ortho nitro benzene ring substituents is 1. The zero-order valence-corrected chi connectivity index (χ0v) is 18.1. The molecule has 8 nitrogen and oxygen atoms in total. The fraction of sp³-hybridized carbons (Fsp3) is 0.400. The number of ether oxygens (including phenoxy) is 1. The van der Waals surface area contributed by atoms with Gasteiger partial charge in [-0.3, -0.25) is 14.7 Å². The summed E-state index contributed by atoms with van der Waals surface area (Å²) in [6.07, 6.45) is -0.703. The SMILES string of the molecule is COc1ccccc1C(Nc1ccc([N+](=O)[O-])cc1)P(=O)(OC(C)C)OC(C)C. The second-order valence-corrected chi connectivity index (χ2v) is 8.96. The minimum atomic E-state index is -3.73. The number of nitro groups is 1. The lowest BCUT2D eigenvalue weighted by Crippen LogP contribution is -2.19. The van der Waals surface area contributed by atoms with E-state index in [4.69, 9.17) is 13.8 Å². The fourth-order valence-corrected chi connectivity index (χ4v) is 5.12. The molecule has 1 unspecified atom stereocenters. The van der Waals surface area contributed by atoms with Gasteiger partial charge in [0.25, 0.3) is 5.69 Å². The number of nitro benzene ring substituents is 1. The Morgan fingerprint density at radius 2 is 1.52 bits per heavy atom. The first-order valence-electron chi connectivity index (χ1n) is 9.26. The Kier molecular flexibility index (Phi) is 7.79. The average molecular weight is 422 g/mol. The van der Waals surface area contributed by atoms with E-state index in [1.165, 1.54) is 19.2 Å². The molecule has 2 aromatic carbocycles. The first-order chi connectivity index (χ1) is 13.7. The molecular weight excluding hydrogens is 395 g/mol. The van der Waals surface area contributed by atoms with Gasteiger partial charge in [-0.1, -0.05) is 18.2 Å². The summed E-state index contributed by atoms with van der Waals surface area (Å²) in [7, 11) is -2.20. The fourth-order valence-electron chi connectivity index (χ4n) is 2.79. The Bertz CT molecular complexity index is 856. The van der Waals surface area contributed by atoms with Crippen LogP contribution in [0, 0.1) is 10.1 Å². The number of nitrogens with zero attached hydrogens (tertiary/aromatic N) is 1. The second-order valence-electron chi connectivity index (χ2n) is 6.94. The summed E-state index contributed by atoms with van der Waals surface area (Å²) in [5.74, 6) is -0.364. The molecule has 0 heterocycles. The minimum absolute atomic E-state index is 0.0376. The van der Waals surface area contributed by atoms with Crippen molar-refractivity contribution in [2.45, 2.75) is 45.7 Å². The van der Waals surface area contributed by atoms with Crippen LogP contribution in [0.4, 0.5) is 11.4 Å². The maximum atomic E-state index is 13.9. The van der Waals surface area contributed by atoms with Crippen LogP contribution in [0.15, 0.2) is 48.5 Å². The van der Waals surface area contributed by atoms with E-state index in [0.717, 1.165) is 0 Å². The lowest BCUT2D eigenvalue weighted by atomic mass is 10.2. The van der Waals surface area contributed by atoms with Gasteiger partial charge in [-0.05, 0) is 45.9 Å². The van der Waals surface area contributed by atoms with E-state index >= 15 is 0 Å². The molecule has 2 aromatic rings. The minimum Gasteiger partial charge on any atom is -0.496 e. The molecule has 1 N–H and O–H groups in total. The first-order valence-corrected chi connectivity index (χ1v) is 10.9. The van der Waals surface area contributed by atoms with E-state index in [1.54, 1.807) is 58.0 Å². The summed E-state index contributed by atoms with van der Waals surface area (Å²) in [4.78, 5) is 10.4. The van der Waals surface area contributed by atoms with Gasteiger partial charge < -0.3 is 19.1 Å². The molecule has 0 saturated carbocycles. The van der Waals surface area contributed by atoms with Crippen LogP contribution in [0.1, 0.15) is 39.0 Å². The largest absolute Gasteiger partial charge is 0.496 e. The van der Waals surface area contributed by atoms with Crippen molar-refractivity contribution >= 4 is 19.0 Å². The lowest BCUT2D eigenvalue weighted by molar-refractivity contribution is -0.384. The molecule has 0 radical (unpaired) electrons. The molecule has 0 amide bonds. The zero-order chi connectivity index (χ0) is 21.6. The molecule has 0 spiro atoms. The van der Waals surface area contributed by atoms with Crippen molar-refractivity contribution in [3.05, 3.63) is 64.2 Å². The van der Waals surface area contributed by atoms with Crippen LogP contribution in [0.25, 0.3) is 0 Å². The molecule has 0 aliphatic carbocycles. The highest BCUT2D eigenvalue weighted by atomic mass is 31.2. The number of rotatable bonds is 10. The van der Waals surface area contributed by atoms with Gasteiger partial charge in [0.05, 0.1) is 24.2 Å². The van der Waals surface area contributed by atoms with Crippen LogP contribution in [0.3, 0.4) is 0 Å². The summed E-state index contributed by atoms with van der Waals surface area (Å²) in [6.45, 7) is 7.12. The molecule has 0 aromatic heterocycles. The Labute approximate surface area is 170 Å². The predicted molar refractivity (Wildman–Crippen MR) is 113 cm³/mol. The lowest BCUT2D eigenvalue weighted by Gasteiger charge is -2.32. The maximum Gasteiger partial charge on any atom is 0.357 e. The van der Waals surface area contributed by atoms with E-state index in [0.29, 0.717) is 17.0 Å². The van der Waals surface area contributed by atoms with Crippen LogP contribution < -0.4 is 10.1 Å². The summed E-state index contributed by atoms with van der Waals surface area (Å²) in [5, 5.41) is 14.1. The monoisotopic (exact) mass is 422 g/mol. The van der Waals surface area contributed by atoms with E-state index in [1.807, 2.05) is 6.07 Å². The Balaban J connectivity index is 2.54. The van der Waals surface area contributed by atoms with Crippen LogP contribution in [0.2, 0.25) is 0 Å². The topological polar surface area (TPSA) is 99.9 Å². The summed E-state index contributed by atoms with van der Waals surface area (Å²) >= 11 is 0.